The van der Waals surface area contributed by atoms with Gasteiger partial charge in [-0.3, -0.25) is 4.79 Å². The Hall–Kier alpha value is -2.72. The summed E-state index contributed by atoms with van der Waals surface area (Å²) in [6.07, 6.45) is -8.64. The van der Waals surface area contributed by atoms with Gasteiger partial charge in [0.1, 0.15) is 10.6 Å². The van der Waals surface area contributed by atoms with Gasteiger partial charge in [0.15, 0.2) is 11.5 Å². The van der Waals surface area contributed by atoms with Gasteiger partial charge in [0, 0.05) is 27.9 Å². The number of alkyl halides is 4. The predicted molar refractivity (Wildman–Crippen MR) is 98.9 cm³/mol. The fourth-order valence-electron chi connectivity index (χ4n) is 2.63. The molecule has 0 atom stereocenters. The summed E-state index contributed by atoms with van der Waals surface area (Å²) in [7, 11) is 0. The van der Waals surface area contributed by atoms with Crippen LogP contribution >= 0.6 is 22.9 Å². The van der Waals surface area contributed by atoms with E-state index in [2.05, 4.69) is 10.1 Å². The van der Waals surface area contributed by atoms with Crippen LogP contribution in [-0.4, -0.2) is 25.2 Å². The molecule has 29 heavy (non-hydrogen) atoms. The van der Waals surface area contributed by atoms with Crippen LogP contribution in [0.1, 0.15) is 9.67 Å². The Morgan fingerprint density at radius 3 is 2.66 bits per heavy atom. The number of thiophene rings is 1. The smallest absolute Gasteiger partial charge is 0.454 e. The zero-order chi connectivity index (χ0) is 20.8. The molecule has 5 nitrogen and oxygen atoms in total. The van der Waals surface area contributed by atoms with Gasteiger partial charge in [-0.25, -0.2) is 0 Å². The average Bonchev–Trinajstić information content (AvgIpc) is 3.24. The minimum Gasteiger partial charge on any atom is -0.454 e. The first kappa shape index (κ1) is 19.6. The molecular weight excluding hydrogens is 438 g/mol. The number of ether oxygens (including phenoxy) is 3. The third kappa shape index (κ3) is 3.77. The fraction of sp³-hybridized carbons (Fsp3) is 0.167. The van der Waals surface area contributed by atoms with Crippen LogP contribution in [0.3, 0.4) is 0 Å². The number of benzene rings is 2. The van der Waals surface area contributed by atoms with E-state index in [1.165, 1.54) is 12.1 Å². The van der Waals surface area contributed by atoms with Crippen LogP contribution in [0.4, 0.5) is 23.2 Å². The largest absolute Gasteiger partial charge is 0.461 e. The van der Waals surface area contributed by atoms with Gasteiger partial charge in [0.2, 0.25) is 6.79 Å². The second-order valence-electron chi connectivity index (χ2n) is 5.89. The van der Waals surface area contributed by atoms with Gasteiger partial charge in [-0.1, -0.05) is 17.7 Å². The van der Waals surface area contributed by atoms with E-state index in [0.29, 0.717) is 21.6 Å². The van der Waals surface area contributed by atoms with Gasteiger partial charge in [-0.15, -0.1) is 11.3 Å². The van der Waals surface area contributed by atoms with E-state index >= 15 is 0 Å². The van der Waals surface area contributed by atoms with Crippen molar-refractivity contribution in [2.24, 2.45) is 0 Å². The Bertz CT molecular complexity index is 1100. The van der Waals surface area contributed by atoms with Crippen LogP contribution in [0, 0.1) is 0 Å². The van der Waals surface area contributed by atoms with Crippen LogP contribution in [0.15, 0.2) is 36.4 Å². The molecule has 2 heterocycles. The molecule has 0 spiro atoms. The normalized spacial score (nSPS) is 13.2. The third-order valence-corrected chi connectivity index (χ3v) is 5.58. The molecule has 1 aliphatic heterocycles. The van der Waals surface area contributed by atoms with Gasteiger partial charge in [0.25, 0.3) is 5.91 Å². The summed E-state index contributed by atoms with van der Waals surface area (Å²) < 4.78 is 66.0. The molecule has 0 unspecified atom stereocenters. The second-order valence-corrected chi connectivity index (χ2v) is 7.32. The zero-order valence-electron chi connectivity index (χ0n) is 14.2. The van der Waals surface area contributed by atoms with Crippen molar-refractivity contribution in [1.82, 2.24) is 0 Å². The van der Waals surface area contributed by atoms with Crippen molar-refractivity contribution in [3.05, 3.63) is 46.3 Å². The lowest BCUT2D eigenvalue weighted by Crippen LogP contribution is -2.33. The maximum absolute atomic E-state index is 13.1. The van der Waals surface area contributed by atoms with E-state index in [9.17, 15) is 22.4 Å². The summed E-state index contributed by atoms with van der Waals surface area (Å²) in [5, 5.41) is 3.27. The first-order valence-electron chi connectivity index (χ1n) is 8.02. The number of rotatable bonds is 5. The minimum atomic E-state index is -4.65. The number of amides is 1. The molecule has 0 bridgehead atoms. The number of halogens is 5. The van der Waals surface area contributed by atoms with Crippen LogP contribution in [0.2, 0.25) is 5.02 Å². The summed E-state index contributed by atoms with van der Waals surface area (Å²) in [5.41, 5.74) is 0.0697. The van der Waals surface area contributed by atoms with Crippen molar-refractivity contribution >= 4 is 44.6 Å². The Labute approximate surface area is 169 Å². The lowest BCUT2D eigenvalue weighted by atomic mass is 10.2. The number of anilines is 1. The summed E-state index contributed by atoms with van der Waals surface area (Å²) in [5.74, 6) is -0.0848. The fourth-order valence-corrected chi connectivity index (χ4v) is 4.04. The molecule has 3 aromatic rings. The SMILES string of the molecule is O=C(Nc1cccc(OC(F)(F)C(F)F)c1)c1sc2cc3c(cc2c1Cl)OCO3. The number of hydrogen-bond acceptors (Lipinski definition) is 5. The minimum absolute atomic E-state index is 0.0697. The maximum atomic E-state index is 13.1. The first-order chi connectivity index (χ1) is 13.7. The lowest BCUT2D eigenvalue weighted by molar-refractivity contribution is -0.253. The van der Waals surface area contributed by atoms with Crippen LogP contribution < -0.4 is 19.5 Å². The molecule has 0 aliphatic carbocycles. The lowest BCUT2D eigenvalue weighted by Gasteiger charge is -2.17. The first-order valence-corrected chi connectivity index (χ1v) is 9.22. The molecule has 1 N–H and O–H groups in total. The highest BCUT2D eigenvalue weighted by atomic mass is 35.5. The van der Waals surface area contributed by atoms with Crippen molar-refractivity contribution in [2.75, 3.05) is 12.1 Å². The highest BCUT2D eigenvalue weighted by molar-refractivity contribution is 7.21. The Balaban J connectivity index is 1.57. The number of carbonyl (C=O) groups is 1. The highest BCUT2D eigenvalue weighted by Gasteiger charge is 2.44. The molecule has 2 aromatic carbocycles. The average molecular weight is 448 g/mol. The molecule has 0 radical (unpaired) electrons. The molecule has 152 valence electrons. The molecule has 1 aliphatic rings. The molecular formula is C18H10ClF4NO4S. The summed E-state index contributed by atoms with van der Waals surface area (Å²) in [4.78, 5) is 12.8. The molecule has 11 heteroatoms. The van der Waals surface area contributed by atoms with Crippen molar-refractivity contribution in [1.29, 1.82) is 0 Å². The number of hydrogen-bond donors (Lipinski definition) is 1. The number of carbonyl (C=O) groups excluding carboxylic acids is 1. The highest BCUT2D eigenvalue weighted by Crippen LogP contribution is 2.43. The van der Waals surface area contributed by atoms with Gasteiger partial charge >= 0.3 is 12.5 Å². The van der Waals surface area contributed by atoms with Crippen LogP contribution in [0.25, 0.3) is 10.1 Å². The second kappa shape index (κ2) is 7.27. The van der Waals surface area contributed by atoms with E-state index in [1.54, 1.807) is 12.1 Å². The van der Waals surface area contributed by atoms with E-state index in [1.807, 2.05) is 0 Å². The Morgan fingerprint density at radius 1 is 1.21 bits per heavy atom. The van der Waals surface area contributed by atoms with Crippen molar-refractivity contribution in [3.8, 4) is 17.2 Å². The molecule has 0 fully saturated rings. The quantitative estimate of drug-likeness (QED) is 0.504. The van der Waals surface area contributed by atoms with E-state index in [4.69, 9.17) is 21.1 Å². The van der Waals surface area contributed by atoms with Crippen LogP contribution in [0.5, 0.6) is 17.2 Å². The van der Waals surface area contributed by atoms with E-state index < -0.39 is 24.2 Å². The molecule has 0 saturated heterocycles. The number of fused-ring (bicyclic) bond motifs is 2. The van der Waals surface area contributed by atoms with Crippen molar-refractivity contribution < 1.29 is 36.6 Å². The van der Waals surface area contributed by atoms with Gasteiger partial charge < -0.3 is 19.5 Å². The Kier molecular flexibility index (Phi) is 4.91. The maximum Gasteiger partial charge on any atom is 0.461 e. The summed E-state index contributed by atoms with van der Waals surface area (Å²) in [6.45, 7) is 0.0978. The third-order valence-electron chi connectivity index (χ3n) is 3.93. The van der Waals surface area contributed by atoms with E-state index in [0.717, 1.165) is 23.5 Å². The predicted octanol–water partition coefficient (Wildman–Crippen LogP) is 5.77. The van der Waals surface area contributed by atoms with Gasteiger partial charge in [-0.2, -0.15) is 17.6 Å². The summed E-state index contributed by atoms with van der Waals surface area (Å²) >= 11 is 7.42. The van der Waals surface area contributed by atoms with E-state index in [-0.39, 0.29) is 22.4 Å². The van der Waals surface area contributed by atoms with Gasteiger partial charge in [0.05, 0.1) is 5.02 Å². The molecule has 1 aromatic heterocycles. The van der Waals surface area contributed by atoms with Crippen molar-refractivity contribution in [3.63, 3.8) is 0 Å². The molecule has 1 amide bonds. The van der Waals surface area contributed by atoms with Crippen LogP contribution in [-0.2, 0) is 0 Å². The molecule has 0 saturated carbocycles. The number of nitrogens with one attached hydrogen (secondary N) is 1. The van der Waals surface area contributed by atoms with Gasteiger partial charge in [-0.05, 0) is 18.2 Å². The zero-order valence-corrected chi connectivity index (χ0v) is 15.8. The standard InChI is InChI=1S/C18H10ClF4NO4S/c19-14-10-5-11-12(27-7-26-11)6-13(10)29-15(14)16(25)24-8-2-1-3-9(4-8)28-18(22,23)17(20)21/h1-6,17H,7H2,(H,24,25). The molecule has 4 rings (SSSR count). The summed E-state index contributed by atoms with van der Waals surface area (Å²) in [6, 6.07) is 8.10. The Morgan fingerprint density at radius 2 is 1.93 bits per heavy atom. The topological polar surface area (TPSA) is 56.8 Å². The monoisotopic (exact) mass is 447 g/mol. The van der Waals surface area contributed by atoms with Crippen molar-refractivity contribution in [2.45, 2.75) is 12.5 Å².